The number of hydrogen-bond donors (Lipinski definition) is 0. The highest BCUT2D eigenvalue weighted by atomic mass is 19.3. The van der Waals surface area contributed by atoms with Crippen molar-refractivity contribution in [3.05, 3.63) is 17.8 Å². The van der Waals surface area contributed by atoms with Crippen LogP contribution in [0.3, 0.4) is 0 Å². The molecule has 5 heteroatoms. The topological polar surface area (TPSA) is 31.4 Å². The lowest BCUT2D eigenvalue weighted by molar-refractivity contribution is -0.0529. The Morgan fingerprint density at radius 3 is 2.47 bits per heavy atom. The molecule has 1 aromatic heterocycles. The third-order valence-corrected chi connectivity index (χ3v) is 1.92. The number of aromatic nitrogens is 1. The Kier molecular flexibility index (Phi) is 3.82. The Bertz CT molecular complexity index is 329. The van der Waals surface area contributed by atoms with E-state index in [-0.39, 0.29) is 11.8 Å². The van der Waals surface area contributed by atoms with Gasteiger partial charge in [0.1, 0.15) is 5.75 Å². The average Bonchev–Trinajstić information content (AvgIpc) is 2.16. The zero-order valence-electron chi connectivity index (χ0n) is 8.83. The van der Waals surface area contributed by atoms with Gasteiger partial charge in [0, 0.05) is 17.8 Å². The molecule has 0 N–H and O–H groups in total. The van der Waals surface area contributed by atoms with Gasteiger partial charge in [-0.25, -0.2) is 4.98 Å². The maximum Gasteiger partial charge on any atom is 0.388 e. The second-order valence-corrected chi connectivity index (χ2v) is 3.30. The van der Waals surface area contributed by atoms with Gasteiger partial charge < -0.3 is 9.47 Å². The summed E-state index contributed by atoms with van der Waals surface area (Å²) in [6.07, 6.45) is 1.49. The molecule has 0 atom stereocenters. The largest absolute Gasteiger partial charge is 0.496 e. The average molecular weight is 217 g/mol. The highest BCUT2D eigenvalue weighted by Gasteiger charge is 2.12. The zero-order chi connectivity index (χ0) is 11.4. The van der Waals surface area contributed by atoms with Crippen LogP contribution in [-0.2, 0) is 0 Å². The molecule has 0 amide bonds. The Hall–Kier alpha value is -1.39. The van der Waals surface area contributed by atoms with Gasteiger partial charge in [-0.05, 0) is 5.92 Å². The van der Waals surface area contributed by atoms with Gasteiger partial charge >= 0.3 is 6.61 Å². The summed E-state index contributed by atoms with van der Waals surface area (Å²) in [7, 11) is 1.48. The van der Waals surface area contributed by atoms with Crippen molar-refractivity contribution in [3.63, 3.8) is 0 Å². The molecule has 1 rings (SSSR count). The normalized spacial score (nSPS) is 10.9. The van der Waals surface area contributed by atoms with Crippen LogP contribution in [0.4, 0.5) is 8.78 Å². The Morgan fingerprint density at radius 1 is 1.33 bits per heavy atom. The molecule has 0 unspecified atom stereocenters. The van der Waals surface area contributed by atoms with E-state index in [4.69, 9.17) is 4.74 Å². The van der Waals surface area contributed by atoms with Crippen LogP contribution < -0.4 is 9.47 Å². The molecule has 0 spiro atoms. The van der Waals surface area contributed by atoms with E-state index >= 15 is 0 Å². The van der Waals surface area contributed by atoms with Gasteiger partial charge in [0.05, 0.1) is 7.11 Å². The van der Waals surface area contributed by atoms with Crippen LogP contribution in [0.5, 0.6) is 11.6 Å². The van der Waals surface area contributed by atoms with Crippen molar-refractivity contribution >= 4 is 0 Å². The van der Waals surface area contributed by atoms with Crippen LogP contribution in [0, 0.1) is 0 Å². The van der Waals surface area contributed by atoms with Gasteiger partial charge in [0.25, 0.3) is 0 Å². The molecule has 1 aromatic rings. The minimum absolute atomic E-state index is 0.133. The molecule has 0 aliphatic rings. The molecule has 0 radical (unpaired) electrons. The number of ether oxygens (including phenoxy) is 2. The Balaban J connectivity index is 2.97. The molecular formula is C10H13F2NO2. The van der Waals surface area contributed by atoms with Crippen molar-refractivity contribution in [2.45, 2.75) is 26.4 Å². The van der Waals surface area contributed by atoms with Gasteiger partial charge in [0.15, 0.2) is 0 Å². The predicted octanol–water partition coefficient (Wildman–Crippen LogP) is 2.82. The SMILES string of the molecule is COc1cc(OC(F)F)ncc1C(C)C. The summed E-state index contributed by atoms with van der Waals surface area (Å²) in [6, 6.07) is 1.36. The summed E-state index contributed by atoms with van der Waals surface area (Å²) in [6.45, 7) is 1.06. The fourth-order valence-corrected chi connectivity index (χ4v) is 1.20. The summed E-state index contributed by atoms with van der Waals surface area (Å²) in [5.41, 5.74) is 0.860. The molecule has 0 saturated carbocycles. The Labute approximate surface area is 87.0 Å². The van der Waals surface area contributed by atoms with E-state index < -0.39 is 6.61 Å². The summed E-state index contributed by atoms with van der Waals surface area (Å²) in [4.78, 5) is 3.77. The van der Waals surface area contributed by atoms with Crippen LogP contribution in [0.2, 0.25) is 0 Å². The number of pyridine rings is 1. The van der Waals surface area contributed by atoms with E-state index in [0.717, 1.165) is 5.56 Å². The number of hydrogen-bond acceptors (Lipinski definition) is 3. The smallest absolute Gasteiger partial charge is 0.388 e. The number of halogens is 2. The van der Waals surface area contributed by atoms with Gasteiger partial charge in [-0.3, -0.25) is 0 Å². The second kappa shape index (κ2) is 4.91. The summed E-state index contributed by atoms with van der Waals surface area (Å²) in [5.74, 6) is 0.593. The van der Waals surface area contributed by atoms with Gasteiger partial charge in [-0.2, -0.15) is 8.78 Å². The quantitative estimate of drug-likeness (QED) is 0.777. The van der Waals surface area contributed by atoms with Crippen molar-refractivity contribution in [3.8, 4) is 11.6 Å². The monoisotopic (exact) mass is 217 g/mol. The van der Waals surface area contributed by atoms with Crippen LogP contribution in [0.25, 0.3) is 0 Å². The van der Waals surface area contributed by atoms with E-state index in [1.807, 2.05) is 13.8 Å². The highest BCUT2D eigenvalue weighted by molar-refractivity contribution is 5.37. The molecule has 0 bridgehead atoms. The standard InChI is InChI=1S/C10H13F2NO2/c1-6(2)7-5-13-9(15-10(11)12)4-8(7)14-3/h4-6,10H,1-3H3. The first-order chi connectivity index (χ1) is 7.04. The molecule has 3 nitrogen and oxygen atoms in total. The molecule has 15 heavy (non-hydrogen) atoms. The predicted molar refractivity (Wildman–Crippen MR) is 51.5 cm³/mol. The molecule has 0 aliphatic heterocycles. The van der Waals surface area contributed by atoms with Crippen molar-refractivity contribution in [2.75, 3.05) is 7.11 Å². The van der Waals surface area contributed by atoms with Crippen molar-refractivity contribution < 1.29 is 18.3 Å². The summed E-state index contributed by atoms with van der Waals surface area (Å²) < 4.78 is 33.1. The minimum Gasteiger partial charge on any atom is -0.496 e. The molecule has 0 saturated heterocycles. The third kappa shape index (κ3) is 3.04. The minimum atomic E-state index is -2.87. The van der Waals surface area contributed by atoms with Crippen molar-refractivity contribution in [1.82, 2.24) is 4.98 Å². The number of rotatable bonds is 4. The fourth-order valence-electron chi connectivity index (χ4n) is 1.20. The number of nitrogens with zero attached hydrogens (tertiary/aromatic N) is 1. The molecule has 0 fully saturated rings. The first-order valence-corrected chi connectivity index (χ1v) is 4.53. The maximum absolute atomic E-state index is 11.9. The van der Waals surface area contributed by atoms with Crippen LogP contribution in [0.1, 0.15) is 25.3 Å². The fraction of sp³-hybridized carbons (Fsp3) is 0.500. The first kappa shape index (κ1) is 11.7. The molecule has 84 valence electrons. The first-order valence-electron chi connectivity index (χ1n) is 4.53. The molecule has 1 heterocycles. The van der Waals surface area contributed by atoms with E-state index in [0.29, 0.717) is 5.75 Å². The van der Waals surface area contributed by atoms with Crippen LogP contribution >= 0.6 is 0 Å². The van der Waals surface area contributed by atoms with Crippen LogP contribution in [0.15, 0.2) is 12.3 Å². The highest BCUT2D eigenvalue weighted by Crippen LogP contribution is 2.28. The molecular weight excluding hydrogens is 204 g/mol. The summed E-state index contributed by atoms with van der Waals surface area (Å²) in [5, 5.41) is 0. The van der Waals surface area contributed by atoms with E-state index in [1.165, 1.54) is 19.4 Å². The van der Waals surface area contributed by atoms with Crippen molar-refractivity contribution in [2.24, 2.45) is 0 Å². The van der Waals surface area contributed by atoms with Crippen LogP contribution in [-0.4, -0.2) is 18.7 Å². The molecule has 0 aromatic carbocycles. The second-order valence-electron chi connectivity index (χ2n) is 3.30. The lowest BCUT2D eigenvalue weighted by atomic mass is 10.1. The van der Waals surface area contributed by atoms with E-state index in [1.54, 1.807) is 0 Å². The van der Waals surface area contributed by atoms with Gasteiger partial charge in [-0.15, -0.1) is 0 Å². The summed E-state index contributed by atoms with van der Waals surface area (Å²) >= 11 is 0. The zero-order valence-corrected chi connectivity index (χ0v) is 8.83. The Morgan fingerprint density at radius 2 is 2.00 bits per heavy atom. The lowest BCUT2D eigenvalue weighted by Gasteiger charge is -2.12. The van der Waals surface area contributed by atoms with E-state index in [9.17, 15) is 8.78 Å². The lowest BCUT2D eigenvalue weighted by Crippen LogP contribution is -2.05. The third-order valence-electron chi connectivity index (χ3n) is 1.92. The van der Waals surface area contributed by atoms with Gasteiger partial charge in [-0.1, -0.05) is 13.8 Å². The molecule has 0 aliphatic carbocycles. The number of alkyl halides is 2. The maximum atomic E-state index is 11.9. The van der Waals surface area contributed by atoms with E-state index in [2.05, 4.69) is 9.72 Å². The number of methoxy groups -OCH3 is 1. The van der Waals surface area contributed by atoms with Crippen molar-refractivity contribution in [1.29, 1.82) is 0 Å². The van der Waals surface area contributed by atoms with Gasteiger partial charge in [0.2, 0.25) is 5.88 Å².